The molecule has 3 aliphatic rings. The molecule has 0 aliphatic carbocycles. The van der Waals surface area contributed by atoms with Crippen molar-refractivity contribution in [3.8, 4) is 5.75 Å². The van der Waals surface area contributed by atoms with Crippen LogP contribution >= 0.6 is 0 Å². The number of hydrazine groups is 1. The van der Waals surface area contributed by atoms with Crippen LogP contribution in [-0.2, 0) is 21.0 Å². The van der Waals surface area contributed by atoms with Crippen LogP contribution in [0.2, 0.25) is 0 Å². The maximum absolute atomic E-state index is 13.8. The molecule has 0 aromatic heterocycles. The highest BCUT2D eigenvalue weighted by molar-refractivity contribution is 6.11. The van der Waals surface area contributed by atoms with E-state index >= 15 is 0 Å². The number of nitrogens with one attached hydrogen (secondary N) is 1. The van der Waals surface area contributed by atoms with Gasteiger partial charge in [0.2, 0.25) is 5.91 Å². The molecule has 1 atom stereocenters. The first-order valence-electron chi connectivity index (χ1n) is 13.5. The van der Waals surface area contributed by atoms with Gasteiger partial charge in [-0.1, -0.05) is 30.3 Å². The van der Waals surface area contributed by atoms with Crippen LogP contribution in [0.4, 0.5) is 17.1 Å². The molecule has 3 aliphatic heterocycles. The third kappa shape index (κ3) is 4.91. The molecule has 0 radical (unpaired) electrons. The summed E-state index contributed by atoms with van der Waals surface area (Å²) >= 11 is 0. The minimum absolute atomic E-state index is 0.117. The van der Waals surface area contributed by atoms with Crippen molar-refractivity contribution in [2.45, 2.75) is 38.3 Å². The van der Waals surface area contributed by atoms with Crippen LogP contribution in [0, 0.1) is 0 Å². The van der Waals surface area contributed by atoms with Gasteiger partial charge in [-0.3, -0.25) is 19.4 Å². The van der Waals surface area contributed by atoms with Gasteiger partial charge in [0.05, 0.1) is 5.69 Å². The molecule has 1 fully saturated rings. The zero-order chi connectivity index (χ0) is 27.6. The number of rotatable bonds is 7. The lowest BCUT2D eigenvalue weighted by atomic mass is 9.98. The van der Waals surface area contributed by atoms with Crippen molar-refractivity contribution in [3.05, 3.63) is 95.7 Å². The summed E-state index contributed by atoms with van der Waals surface area (Å²) in [6.07, 6.45) is 2.87. The second-order valence-corrected chi connectivity index (χ2v) is 10.1. The summed E-state index contributed by atoms with van der Waals surface area (Å²) in [5, 5.41) is 11.5. The monoisotopic (exact) mass is 538 g/mol. The second-order valence-electron chi connectivity index (χ2n) is 10.1. The van der Waals surface area contributed by atoms with Gasteiger partial charge in [0, 0.05) is 30.9 Å². The SMILES string of the molecule is O=C(O)C1NN(c2ccc(OCc3ccccc3)cc2)C2=C1CCN(c1ccc(N3CCCCC3=O)cc1)C2=O. The first-order valence-corrected chi connectivity index (χ1v) is 13.5. The van der Waals surface area contributed by atoms with Crippen LogP contribution in [0.15, 0.2) is 90.1 Å². The van der Waals surface area contributed by atoms with Gasteiger partial charge in [-0.25, -0.2) is 5.43 Å². The fourth-order valence-corrected chi connectivity index (χ4v) is 5.49. The smallest absolute Gasteiger partial charge is 0.326 e. The van der Waals surface area contributed by atoms with Gasteiger partial charge in [-0.2, -0.15) is 0 Å². The molecule has 3 aromatic rings. The zero-order valence-corrected chi connectivity index (χ0v) is 22.0. The molecule has 2 amide bonds. The minimum Gasteiger partial charge on any atom is -0.489 e. The summed E-state index contributed by atoms with van der Waals surface area (Å²) in [5.74, 6) is -0.523. The summed E-state index contributed by atoms with van der Waals surface area (Å²) < 4.78 is 5.89. The molecule has 6 rings (SSSR count). The van der Waals surface area contributed by atoms with Gasteiger partial charge in [0.25, 0.3) is 5.91 Å². The number of piperidine rings is 1. The molecule has 0 bridgehead atoms. The summed E-state index contributed by atoms with van der Waals surface area (Å²) in [6.45, 7) is 1.49. The van der Waals surface area contributed by atoms with Crippen molar-refractivity contribution in [2.75, 3.05) is 27.9 Å². The summed E-state index contributed by atoms with van der Waals surface area (Å²) in [7, 11) is 0. The van der Waals surface area contributed by atoms with Crippen LogP contribution < -0.4 is 25.0 Å². The highest BCUT2D eigenvalue weighted by Crippen LogP contribution is 2.36. The Bertz CT molecular complexity index is 1450. The van der Waals surface area contributed by atoms with Crippen LogP contribution in [0.1, 0.15) is 31.2 Å². The van der Waals surface area contributed by atoms with E-state index in [2.05, 4.69) is 5.43 Å². The van der Waals surface area contributed by atoms with Gasteiger partial charge in [0.1, 0.15) is 24.1 Å². The second kappa shape index (κ2) is 10.9. The van der Waals surface area contributed by atoms with Crippen molar-refractivity contribution < 1.29 is 24.2 Å². The molecular formula is C31H30N4O5. The Kier molecular flexibility index (Phi) is 6.96. The molecule has 1 saturated heterocycles. The number of aliphatic carboxylic acids is 1. The highest BCUT2D eigenvalue weighted by Gasteiger charge is 2.44. The largest absolute Gasteiger partial charge is 0.489 e. The summed E-state index contributed by atoms with van der Waals surface area (Å²) in [5.41, 5.74) is 7.11. The number of amides is 2. The normalized spacial score (nSPS) is 19.2. The van der Waals surface area contributed by atoms with E-state index in [4.69, 9.17) is 4.74 Å². The topological polar surface area (TPSA) is 102 Å². The first kappa shape index (κ1) is 25.6. The van der Waals surface area contributed by atoms with E-state index in [9.17, 15) is 19.5 Å². The molecule has 9 nitrogen and oxygen atoms in total. The maximum atomic E-state index is 13.8. The first-order chi connectivity index (χ1) is 19.5. The Hall–Kier alpha value is -4.63. The number of carboxylic acids is 1. The van der Waals surface area contributed by atoms with Crippen LogP contribution in [-0.4, -0.2) is 42.0 Å². The molecular weight excluding hydrogens is 508 g/mol. The van der Waals surface area contributed by atoms with Gasteiger partial charge in [-0.15, -0.1) is 0 Å². The molecule has 0 saturated carbocycles. The van der Waals surface area contributed by atoms with Crippen molar-refractivity contribution >= 4 is 34.8 Å². The van der Waals surface area contributed by atoms with Crippen molar-refractivity contribution in [1.82, 2.24) is 5.43 Å². The van der Waals surface area contributed by atoms with Gasteiger partial charge in [-0.05, 0) is 78.9 Å². The maximum Gasteiger partial charge on any atom is 0.326 e. The molecule has 1 unspecified atom stereocenters. The molecule has 40 heavy (non-hydrogen) atoms. The Morgan fingerprint density at radius 3 is 2.17 bits per heavy atom. The average Bonchev–Trinajstić information content (AvgIpc) is 3.39. The van der Waals surface area contributed by atoms with Gasteiger partial charge in [0.15, 0.2) is 0 Å². The Morgan fingerprint density at radius 2 is 1.50 bits per heavy atom. The Balaban J connectivity index is 1.22. The zero-order valence-electron chi connectivity index (χ0n) is 22.0. The third-order valence-corrected chi connectivity index (χ3v) is 7.57. The number of carboxylic acid groups (broad SMARTS) is 1. The third-order valence-electron chi connectivity index (χ3n) is 7.57. The minimum atomic E-state index is -1.03. The van der Waals surface area contributed by atoms with E-state index in [0.29, 0.717) is 60.9 Å². The number of carbonyl (C=O) groups is 3. The number of hydrogen-bond acceptors (Lipinski definition) is 6. The number of ether oxygens (including phenoxy) is 1. The van der Waals surface area contributed by atoms with Crippen molar-refractivity contribution in [3.63, 3.8) is 0 Å². The summed E-state index contributed by atoms with van der Waals surface area (Å²) in [6, 6.07) is 23.5. The summed E-state index contributed by atoms with van der Waals surface area (Å²) in [4.78, 5) is 41.7. The van der Waals surface area contributed by atoms with Crippen LogP contribution in [0.3, 0.4) is 0 Å². The number of benzene rings is 3. The molecule has 2 N–H and O–H groups in total. The van der Waals surface area contributed by atoms with E-state index in [1.165, 1.54) is 0 Å². The Morgan fingerprint density at radius 1 is 0.825 bits per heavy atom. The number of carbonyl (C=O) groups excluding carboxylic acids is 2. The highest BCUT2D eigenvalue weighted by atomic mass is 16.5. The molecule has 0 spiro atoms. The predicted octanol–water partition coefficient (Wildman–Crippen LogP) is 4.25. The lowest BCUT2D eigenvalue weighted by Gasteiger charge is -2.32. The average molecular weight is 539 g/mol. The van der Waals surface area contributed by atoms with E-state index in [0.717, 1.165) is 24.1 Å². The van der Waals surface area contributed by atoms with Crippen molar-refractivity contribution in [2.24, 2.45) is 0 Å². The molecule has 3 heterocycles. The van der Waals surface area contributed by atoms with Crippen LogP contribution in [0.5, 0.6) is 5.75 Å². The number of anilines is 3. The fourth-order valence-electron chi connectivity index (χ4n) is 5.49. The quantitative estimate of drug-likeness (QED) is 0.464. The van der Waals surface area contributed by atoms with E-state index in [1.54, 1.807) is 39.1 Å². The van der Waals surface area contributed by atoms with Gasteiger partial charge >= 0.3 is 5.97 Å². The van der Waals surface area contributed by atoms with E-state index in [-0.39, 0.29) is 11.8 Å². The Labute approximate surface area is 232 Å². The van der Waals surface area contributed by atoms with E-state index < -0.39 is 12.0 Å². The predicted molar refractivity (Wildman–Crippen MR) is 151 cm³/mol. The van der Waals surface area contributed by atoms with Crippen molar-refractivity contribution in [1.29, 1.82) is 0 Å². The number of hydrogen-bond donors (Lipinski definition) is 2. The standard InChI is InChI=1S/C31H30N4O5/c36-27-8-4-5-18-33(27)22-9-11-23(12-10-22)34-19-17-26-28(31(38)39)32-35(29(26)30(34)37)24-13-15-25(16-14-24)40-20-21-6-2-1-3-7-21/h1-3,6-7,9-16,28,32H,4-5,8,17-20H2,(H,38,39). The molecule has 204 valence electrons. The molecule has 9 heteroatoms. The van der Waals surface area contributed by atoms with E-state index in [1.807, 2.05) is 54.6 Å². The lowest BCUT2D eigenvalue weighted by Crippen LogP contribution is -2.44. The lowest BCUT2D eigenvalue weighted by molar-refractivity contribution is -0.138. The van der Waals surface area contributed by atoms with Gasteiger partial charge < -0.3 is 19.6 Å². The number of nitrogens with zero attached hydrogens (tertiary/aromatic N) is 3. The van der Waals surface area contributed by atoms with Crippen LogP contribution in [0.25, 0.3) is 0 Å². The molecule has 3 aromatic carbocycles. The fraction of sp³-hybridized carbons (Fsp3) is 0.258.